The van der Waals surface area contributed by atoms with Crippen LogP contribution in [0, 0.1) is 19.7 Å². The third-order valence-electron chi connectivity index (χ3n) is 4.75. The largest absolute Gasteiger partial charge is 0.348 e. The van der Waals surface area contributed by atoms with Crippen LogP contribution in [0.25, 0.3) is 0 Å². The van der Waals surface area contributed by atoms with E-state index in [-0.39, 0.29) is 23.2 Å². The van der Waals surface area contributed by atoms with Crippen LogP contribution in [-0.4, -0.2) is 26.6 Å². The van der Waals surface area contributed by atoms with Gasteiger partial charge in [0, 0.05) is 0 Å². The van der Waals surface area contributed by atoms with Crippen LogP contribution >= 0.6 is 11.6 Å². The first-order valence-corrected chi connectivity index (χ1v) is 11.5. The molecule has 0 fully saturated rings. The lowest BCUT2D eigenvalue weighted by Gasteiger charge is -2.31. The Labute approximate surface area is 176 Å². The SMILES string of the molecule is CCC(C(=O)NC(C)c1cc(C)ccc1C)N(c1ccc(F)c(Cl)c1)S(C)(=O)=O. The Morgan fingerprint density at radius 3 is 2.41 bits per heavy atom. The highest BCUT2D eigenvalue weighted by molar-refractivity contribution is 7.92. The molecule has 0 aliphatic rings. The first-order valence-electron chi connectivity index (χ1n) is 9.27. The Morgan fingerprint density at radius 2 is 1.86 bits per heavy atom. The molecule has 29 heavy (non-hydrogen) atoms. The number of benzene rings is 2. The lowest BCUT2D eigenvalue weighted by atomic mass is 9.99. The summed E-state index contributed by atoms with van der Waals surface area (Å²) in [7, 11) is -3.83. The Bertz CT molecular complexity index is 1010. The summed E-state index contributed by atoms with van der Waals surface area (Å²) >= 11 is 5.83. The first-order chi connectivity index (χ1) is 13.5. The second kappa shape index (κ2) is 9.13. The third kappa shape index (κ3) is 5.48. The van der Waals surface area contributed by atoms with Crippen LogP contribution in [0.3, 0.4) is 0 Å². The molecular weight excluding hydrogens is 415 g/mol. The number of nitrogens with one attached hydrogen (secondary N) is 1. The van der Waals surface area contributed by atoms with Gasteiger partial charge in [-0.25, -0.2) is 12.8 Å². The topological polar surface area (TPSA) is 66.5 Å². The molecule has 0 radical (unpaired) electrons. The minimum Gasteiger partial charge on any atom is -0.348 e. The molecule has 5 nitrogen and oxygen atoms in total. The smallest absolute Gasteiger partial charge is 0.244 e. The van der Waals surface area contributed by atoms with Gasteiger partial charge in [-0.3, -0.25) is 9.10 Å². The molecule has 0 saturated carbocycles. The first kappa shape index (κ1) is 23.2. The summed E-state index contributed by atoms with van der Waals surface area (Å²) in [6.45, 7) is 7.50. The van der Waals surface area contributed by atoms with E-state index in [0.29, 0.717) is 0 Å². The van der Waals surface area contributed by atoms with Gasteiger partial charge in [0.25, 0.3) is 0 Å². The van der Waals surface area contributed by atoms with Crippen molar-refractivity contribution in [3.05, 3.63) is 63.9 Å². The van der Waals surface area contributed by atoms with E-state index in [1.807, 2.05) is 39.0 Å². The summed E-state index contributed by atoms with van der Waals surface area (Å²) in [4.78, 5) is 13.0. The van der Waals surface area contributed by atoms with Crippen LogP contribution in [-0.2, 0) is 14.8 Å². The number of hydrogen-bond donors (Lipinski definition) is 1. The molecule has 0 aliphatic heterocycles. The zero-order chi connectivity index (χ0) is 21.9. The number of carbonyl (C=O) groups is 1. The van der Waals surface area contributed by atoms with E-state index in [9.17, 15) is 17.6 Å². The maximum atomic E-state index is 13.6. The predicted molar refractivity (Wildman–Crippen MR) is 115 cm³/mol. The molecule has 2 atom stereocenters. The molecule has 158 valence electrons. The fourth-order valence-electron chi connectivity index (χ4n) is 3.30. The second-order valence-electron chi connectivity index (χ2n) is 7.17. The van der Waals surface area contributed by atoms with E-state index in [1.165, 1.54) is 12.1 Å². The molecular formula is C21H26ClFN2O3S. The molecule has 0 aliphatic carbocycles. The highest BCUT2D eigenvalue weighted by Crippen LogP contribution is 2.28. The van der Waals surface area contributed by atoms with E-state index < -0.39 is 27.8 Å². The number of halogens is 2. The van der Waals surface area contributed by atoms with Crippen LogP contribution in [0.1, 0.15) is 43.0 Å². The summed E-state index contributed by atoms with van der Waals surface area (Å²) < 4.78 is 39.5. The van der Waals surface area contributed by atoms with Gasteiger partial charge < -0.3 is 5.32 Å². The quantitative estimate of drug-likeness (QED) is 0.688. The minimum absolute atomic E-state index is 0.139. The highest BCUT2D eigenvalue weighted by Gasteiger charge is 2.32. The molecule has 1 N–H and O–H groups in total. The van der Waals surface area contributed by atoms with Crippen LogP contribution in [0.4, 0.5) is 10.1 Å². The molecule has 0 saturated heterocycles. The molecule has 2 aromatic rings. The molecule has 0 heterocycles. The van der Waals surface area contributed by atoms with Gasteiger partial charge in [0.1, 0.15) is 11.9 Å². The number of nitrogens with zero attached hydrogens (tertiary/aromatic N) is 1. The number of aryl methyl sites for hydroxylation is 2. The van der Waals surface area contributed by atoms with Crippen LogP contribution in [0.5, 0.6) is 0 Å². The number of rotatable bonds is 7. The van der Waals surface area contributed by atoms with Gasteiger partial charge in [0.05, 0.1) is 23.0 Å². The minimum atomic E-state index is -3.83. The summed E-state index contributed by atoms with van der Waals surface area (Å²) in [6, 6.07) is 8.25. The average molecular weight is 441 g/mol. The van der Waals surface area contributed by atoms with Crippen molar-refractivity contribution in [3.8, 4) is 0 Å². The van der Waals surface area contributed by atoms with Crippen LogP contribution < -0.4 is 9.62 Å². The summed E-state index contributed by atoms with van der Waals surface area (Å²) in [5, 5.41) is 2.70. The lowest BCUT2D eigenvalue weighted by Crippen LogP contribution is -2.49. The predicted octanol–water partition coefficient (Wildman–Crippen LogP) is 4.52. The highest BCUT2D eigenvalue weighted by atomic mass is 35.5. The van der Waals surface area contributed by atoms with Crippen molar-refractivity contribution in [2.24, 2.45) is 0 Å². The molecule has 0 bridgehead atoms. The van der Waals surface area contributed by atoms with E-state index in [2.05, 4.69) is 5.32 Å². The second-order valence-corrected chi connectivity index (χ2v) is 9.44. The van der Waals surface area contributed by atoms with E-state index in [1.54, 1.807) is 6.92 Å². The van der Waals surface area contributed by atoms with E-state index in [0.717, 1.165) is 33.3 Å². The average Bonchev–Trinajstić information content (AvgIpc) is 2.62. The normalized spacial score (nSPS) is 13.6. The summed E-state index contributed by atoms with van der Waals surface area (Å²) in [5.74, 6) is -1.10. The third-order valence-corrected chi connectivity index (χ3v) is 6.22. The molecule has 2 unspecified atom stereocenters. The van der Waals surface area contributed by atoms with Crippen molar-refractivity contribution < 1.29 is 17.6 Å². The Kier molecular flexibility index (Phi) is 7.30. The number of anilines is 1. The van der Waals surface area contributed by atoms with Gasteiger partial charge in [-0.05, 0) is 56.5 Å². The molecule has 0 spiro atoms. The van der Waals surface area contributed by atoms with Gasteiger partial charge in [0.2, 0.25) is 15.9 Å². The van der Waals surface area contributed by atoms with Gasteiger partial charge in [-0.1, -0.05) is 42.3 Å². The fourth-order valence-corrected chi connectivity index (χ4v) is 4.67. The summed E-state index contributed by atoms with van der Waals surface area (Å²) in [6.07, 6.45) is 1.24. The Balaban J connectivity index is 2.37. The van der Waals surface area contributed by atoms with Gasteiger partial charge in [-0.15, -0.1) is 0 Å². The standard InChI is InChI=1S/C21H26ClFN2O3S/c1-6-20(21(26)24-15(4)17-11-13(2)7-8-14(17)3)25(29(5,27)28)16-9-10-19(23)18(22)12-16/h7-12,15,20H,6H2,1-5H3,(H,24,26). The van der Waals surface area contributed by atoms with Crippen molar-refractivity contribution in [2.45, 2.75) is 46.2 Å². The maximum Gasteiger partial charge on any atom is 0.244 e. The molecule has 8 heteroatoms. The van der Waals surface area contributed by atoms with Crippen LogP contribution in [0.2, 0.25) is 5.02 Å². The lowest BCUT2D eigenvalue weighted by molar-refractivity contribution is -0.122. The van der Waals surface area contributed by atoms with E-state index >= 15 is 0 Å². The Hall–Kier alpha value is -2.12. The zero-order valence-electron chi connectivity index (χ0n) is 17.2. The van der Waals surface area contributed by atoms with Crippen molar-refractivity contribution >= 4 is 33.2 Å². The molecule has 2 aromatic carbocycles. The molecule has 1 amide bonds. The number of carbonyl (C=O) groups excluding carboxylic acids is 1. The molecule has 2 rings (SSSR count). The van der Waals surface area contributed by atoms with Crippen molar-refractivity contribution in [1.29, 1.82) is 0 Å². The van der Waals surface area contributed by atoms with Gasteiger partial charge in [0.15, 0.2) is 0 Å². The zero-order valence-corrected chi connectivity index (χ0v) is 18.7. The van der Waals surface area contributed by atoms with E-state index in [4.69, 9.17) is 11.6 Å². The maximum absolute atomic E-state index is 13.6. The van der Waals surface area contributed by atoms with Gasteiger partial charge >= 0.3 is 0 Å². The van der Waals surface area contributed by atoms with Crippen molar-refractivity contribution in [2.75, 3.05) is 10.6 Å². The van der Waals surface area contributed by atoms with Crippen LogP contribution in [0.15, 0.2) is 36.4 Å². The number of sulfonamides is 1. The van der Waals surface area contributed by atoms with Gasteiger partial charge in [-0.2, -0.15) is 0 Å². The van der Waals surface area contributed by atoms with Crippen molar-refractivity contribution in [3.63, 3.8) is 0 Å². The molecule has 0 aromatic heterocycles. The van der Waals surface area contributed by atoms with Crippen molar-refractivity contribution in [1.82, 2.24) is 5.32 Å². The number of hydrogen-bond acceptors (Lipinski definition) is 3. The fraction of sp³-hybridized carbons (Fsp3) is 0.381. The summed E-state index contributed by atoms with van der Waals surface area (Å²) in [5.41, 5.74) is 3.20. The Morgan fingerprint density at radius 1 is 1.21 bits per heavy atom. The number of amides is 1. The monoisotopic (exact) mass is 440 g/mol.